The van der Waals surface area contributed by atoms with E-state index < -0.39 is 30.5 Å². The third-order valence-electron chi connectivity index (χ3n) is 6.30. The first-order valence-electron chi connectivity index (χ1n) is 11.2. The summed E-state index contributed by atoms with van der Waals surface area (Å²) in [5, 5.41) is 3.35. The van der Waals surface area contributed by atoms with Gasteiger partial charge >= 0.3 is 6.18 Å². The summed E-state index contributed by atoms with van der Waals surface area (Å²) in [6.07, 6.45) is 0.341. The molecule has 1 aromatic carbocycles. The van der Waals surface area contributed by atoms with Crippen molar-refractivity contribution in [3.63, 3.8) is 0 Å². The van der Waals surface area contributed by atoms with Crippen molar-refractivity contribution < 1.29 is 27.1 Å². The lowest BCUT2D eigenvalue weighted by Crippen LogP contribution is -2.60. The molecule has 3 heterocycles. The number of amides is 1. The molecular formula is C23H27F4N5O2. The van der Waals surface area contributed by atoms with E-state index >= 15 is 0 Å². The summed E-state index contributed by atoms with van der Waals surface area (Å²) in [5.74, 6) is -1.02. The zero-order valence-electron chi connectivity index (χ0n) is 19.0. The van der Waals surface area contributed by atoms with Gasteiger partial charge in [0.15, 0.2) is 11.6 Å². The van der Waals surface area contributed by atoms with E-state index in [-0.39, 0.29) is 22.5 Å². The van der Waals surface area contributed by atoms with Crippen molar-refractivity contribution in [1.82, 2.24) is 20.2 Å². The van der Waals surface area contributed by atoms with Gasteiger partial charge in [-0.3, -0.25) is 4.79 Å². The van der Waals surface area contributed by atoms with Gasteiger partial charge < -0.3 is 19.9 Å². The Morgan fingerprint density at radius 2 is 1.94 bits per heavy atom. The molecule has 0 unspecified atom stereocenters. The molecule has 1 N–H and O–H groups in total. The molecule has 0 aliphatic carbocycles. The molecule has 2 aliphatic heterocycles. The number of alkyl halides is 3. The number of nitrogens with zero attached hydrogens (tertiary/aromatic N) is 4. The number of hydrogen-bond acceptors (Lipinski definition) is 6. The quantitative estimate of drug-likeness (QED) is 0.629. The molecule has 0 saturated carbocycles. The highest BCUT2D eigenvalue weighted by atomic mass is 19.4. The van der Waals surface area contributed by atoms with Crippen LogP contribution in [0.25, 0.3) is 0 Å². The Balaban J connectivity index is 1.59. The molecule has 2 aromatic rings. The highest BCUT2D eigenvalue weighted by Crippen LogP contribution is 2.43. The van der Waals surface area contributed by atoms with Gasteiger partial charge in [-0.25, -0.2) is 14.4 Å². The number of anilines is 1. The Morgan fingerprint density at radius 3 is 2.59 bits per heavy atom. The van der Waals surface area contributed by atoms with E-state index in [2.05, 4.69) is 20.2 Å². The van der Waals surface area contributed by atoms with Crippen molar-refractivity contribution in [2.45, 2.75) is 38.9 Å². The maximum absolute atomic E-state index is 14.0. The first-order valence-corrected chi connectivity index (χ1v) is 11.2. The second-order valence-corrected chi connectivity index (χ2v) is 9.20. The van der Waals surface area contributed by atoms with Crippen molar-refractivity contribution in [1.29, 1.82) is 0 Å². The molecule has 2 fully saturated rings. The molecule has 1 spiro atoms. The van der Waals surface area contributed by atoms with Crippen LogP contribution in [0.1, 0.15) is 37.0 Å². The number of ether oxygens (including phenoxy) is 1. The van der Waals surface area contributed by atoms with Crippen LogP contribution in [0.3, 0.4) is 0 Å². The topological polar surface area (TPSA) is 70.6 Å². The minimum Gasteiger partial charge on any atom is -0.451 e. The maximum atomic E-state index is 14.0. The van der Waals surface area contributed by atoms with E-state index in [0.717, 1.165) is 51.2 Å². The Hall–Kier alpha value is -2.95. The van der Waals surface area contributed by atoms with Crippen LogP contribution < -0.4 is 15.0 Å². The predicted octanol–water partition coefficient (Wildman–Crippen LogP) is 4.01. The number of nitrogens with one attached hydrogen (secondary N) is 1. The third-order valence-corrected chi connectivity index (χ3v) is 6.30. The van der Waals surface area contributed by atoms with Crippen molar-refractivity contribution in [2.75, 3.05) is 37.6 Å². The van der Waals surface area contributed by atoms with Crippen LogP contribution in [-0.4, -0.2) is 65.7 Å². The van der Waals surface area contributed by atoms with Crippen LogP contribution >= 0.6 is 0 Å². The van der Waals surface area contributed by atoms with Gasteiger partial charge in [0.1, 0.15) is 24.4 Å². The lowest BCUT2D eigenvalue weighted by molar-refractivity contribution is -0.143. The Kier molecular flexibility index (Phi) is 6.66. The zero-order chi connectivity index (χ0) is 24.5. The smallest absolute Gasteiger partial charge is 0.406 e. The number of halogens is 4. The van der Waals surface area contributed by atoms with E-state index in [1.54, 1.807) is 0 Å². The van der Waals surface area contributed by atoms with E-state index in [4.69, 9.17) is 4.74 Å². The fourth-order valence-corrected chi connectivity index (χ4v) is 4.52. The number of aromatic nitrogens is 2. The van der Waals surface area contributed by atoms with E-state index in [1.807, 2.05) is 0 Å². The summed E-state index contributed by atoms with van der Waals surface area (Å²) in [7, 11) is 0. The lowest BCUT2D eigenvalue weighted by Gasteiger charge is -2.53. The highest BCUT2D eigenvalue weighted by Gasteiger charge is 2.45. The number of benzene rings is 1. The molecule has 2 aliphatic rings. The van der Waals surface area contributed by atoms with Gasteiger partial charge in [-0.1, -0.05) is 0 Å². The van der Waals surface area contributed by atoms with E-state index in [1.165, 1.54) is 32.4 Å². The fraction of sp³-hybridized carbons (Fsp3) is 0.522. The van der Waals surface area contributed by atoms with Crippen molar-refractivity contribution >= 4 is 11.7 Å². The monoisotopic (exact) mass is 481 g/mol. The van der Waals surface area contributed by atoms with E-state index in [0.29, 0.717) is 10.7 Å². The summed E-state index contributed by atoms with van der Waals surface area (Å²) >= 11 is 0. The number of carbonyl (C=O) groups is 1. The van der Waals surface area contributed by atoms with Crippen molar-refractivity contribution in [2.24, 2.45) is 5.41 Å². The second kappa shape index (κ2) is 9.36. The predicted molar refractivity (Wildman–Crippen MR) is 117 cm³/mol. The second-order valence-electron chi connectivity index (χ2n) is 9.20. The van der Waals surface area contributed by atoms with Gasteiger partial charge in [-0.2, -0.15) is 13.2 Å². The Labute approximate surface area is 195 Å². The number of hydrogen-bond donors (Lipinski definition) is 1. The van der Waals surface area contributed by atoms with Crippen LogP contribution in [0.15, 0.2) is 30.7 Å². The number of carbonyl (C=O) groups excluding carboxylic acids is 1. The fourth-order valence-electron chi connectivity index (χ4n) is 4.52. The van der Waals surface area contributed by atoms with Crippen LogP contribution in [0.5, 0.6) is 11.5 Å². The number of rotatable bonds is 6. The van der Waals surface area contributed by atoms with Crippen LogP contribution in [0.2, 0.25) is 0 Å². The minimum atomic E-state index is -4.60. The van der Waals surface area contributed by atoms with Crippen molar-refractivity contribution in [3.8, 4) is 11.5 Å². The Bertz CT molecular complexity index is 1030. The van der Waals surface area contributed by atoms with Gasteiger partial charge in [0, 0.05) is 24.5 Å². The summed E-state index contributed by atoms with van der Waals surface area (Å²) in [6.45, 7) is 5.00. The summed E-state index contributed by atoms with van der Waals surface area (Å²) in [6, 6.07) is 2.45. The van der Waals surface area contributed by atoms with Gasteiger partial charge in [0.05, 0.1) is 11.8 Å². The summed E-state index contributed by atoms with van der Waals surface area (Å²) in [5.41, 5.74) is -0.0778. The Morgan fingerprint density at radius 1 is 1.24 bits per heavy atom. The van der Waals surface area contributed by atoms with Gasteiger partial charge in [0.25, 0.3) is 5.91 Å². The van der Waals surface area contributed by atoms with E-state index in [9.17, 15) is 22.4 Å². The largest absolute Gasteiger partial charge is 0.451 e. The number of piperidine rings is 1. The molecule has 7 nitrogen and oxygen atoms in total. The van der Waals surface area contributed by atoms with Gasteiger partial charge in [-0.15, -0.1) is 0 Å². The van der Waals surface area contributed by atoms with Crippen LogP contribution in [0.4, 0.5) is 23.4 Å². The maximum Gasteiger partial charge on any atom is 0.406 e. The third kappa shape index (κ3) is 5.24. The molecule has 1 aromatic heterocycles. The molecule has 2 saturated heterocycles. The highest BCUT2D eigenvalue weighted by molar-refractivity contribution is 5.97. The first-order chi connectivity index (χ1) is 16.1. The van der Waals surface area contributed by atoms with Crippen LogP contribution in [-0.2, 0) is 0 Å². The first kappa shape index (κ1) is 24.2. The van der Waals surface area contributed by atoms with Crippen LogP contribution in [0, 0.1) is 11.2 Å². The molecule has 184 valence electrons. The molecule has 0 radical (unpaired) electrons. The SMILES string of the molecule is CC(C)N(CC(F)(F)F)C(=O)c1cc(F)ccc1Oc1cncnc1N1CC2(CCNCC2)C1. The lowest BCUT2D eigenvalue weighted by atomic mass is 9.72. The minimum absolute atomic E-state index is 0.0626. The normalized spacial score (nSPS) is 17.6. The molecule has 1 amide bonds. The molecular weight excluding hydrogens is 454 g/mol. The summed E-state index contributed by atoms with van der Waals surface area (Å²) in [4.78, 5) is 24.1. The molecule has 0 atom stereocenters. The van der Waals surface area contributed by atoms with Gasteiger partial charge in [-0.05, 0) is 58.0 Å². The van der Waals surface area contributed by atoms with Gasteiger partial charge in [0.2, 0.25) is 0 Å². The zero-order valence-corrected chi connectivity index (χ0v) is 19.0. The summed E-state index contributed by atoms with van der Waals surface area (Å²) < 4.78 is 59.2. The van der Waals surface area contributed by atoms with Crippen molar-refractivity contribution in [3.05, 3.63) is 42.1 Å². The standard InChI is InChI=1S/C23H27F4N5O2/c1-15(2)32(13-23(25,26)27)21(33)17-9-16(24)3-4-18(17)34-19-10-29-14-30-20(19)31-11-22(12-31)5-7-28-8-6-22/h3-4,9-10,14-15,28H,5-8,11-13H2,1-2H3. The molecule has 11 heteroatoms. The average Bonchev–Trinajstić information content (AvgIpc) is 2.77. The average molecular weight is 481 g/mol. The molecule has 34 heavy (non-hydrogen) atoms. The molecule has 4 rings (SSSR count). The molecule has 0 bridgehead atoms.